The monoisotopic (exact) mass is 142 g/mol. The van der Waals surface area contributed by atoms with Gasteiger partial charge in [-0.1, -0.05) is 6.92 Å². The fourth-order valence-electron chi connectivity index (χ4n) is 0.837. The van der Waals surface area contributed by atoms with Gasteiger partial charge in [-0.2, -0.15) is 0 Å². The molecule has 0 saturated heterocycles. The minimum atomic E-state index is -0.368. The van der Waals surface area contributed by atoms with Crippen molar-refractivity contribution in [2.75, 3.05) is 0 Å². The van der Waals surface area contributed by atoms with Gasteiger partial charge in [-0.15, -0.1) is 0 Å². The second-order valence-corrected chi connectivity index (χ2v) is 3.12. The van der Waals surface area contributed by atoms with E-state index < -0.39 is 0 Å². The van der Waals surface area contributed by atoms with Gasteiger partial charge in [0.25, 0.3) is 0 Å². The van der Waals surface area contributed by atoms with Crippen molar-refractivity contribution in [3.63, 3.8) is 0 Å². The van der Waals surface area contributed by atoms with Gasteiger partial charge in [-0.25, -0.2) is 0 Å². The van der Waals surface area contributed by atoms with E-state index in [-0.39, 0.29) is 11.9 Å². The molecule has 1 rings (SSSR count). The van der Waals surface area contributed by atoms with E-state index in [2.05, 4.69) is 12.2 Å². The predicted molar refractivity (Wildman–Crippen MR) is 39.4 cm³/mol. The van der Waals surface area contributed by atoms with Crippen LogP contribution in [-0.2, 0) is 4.79 Å². The first-order valence-corrected chi connectivity index (χ1v) is 3.67. The Kier molecular flexibility index (Phi) is 1.94. The zero-order valence-electron chi connectivity index (χ0n) is 6.42. The second-order valence-electron chi connectivity index (χ2n) is 3.12. The highest BCUT2D eigenvalue weighted by molar-refractivity contribution is 5.81. The van der Waals surface area contributed by atoms with Gasteiger partial charge in [-0.3, -0.25) is 4.79 Å². The summed E-state index contributed by atoms with van der Waals surface area (Å²) in [5, 5.41) is 2.84. The van der Waals surface area contributed by atoms with E-state index in [1.165, 1.54) is 0 Å². The number of nitrogens with one attached hydrogen (secondary N) is 1. The highest BCUT2D eigenvalue weighted by Crippen LogP contribution is 2.28. The Balaban J connectivity index is 2.20. The average molecular weight is 142 g/mol. The minimum absolute atomic E-state index is 0.0330. The van der Waals surface area contributed by atoms with Crippen LogP contribution in [-0.4, -0.2) is 18.0 Å². The van der Waals surface area contributed by atoms with Gasteiger partial charge in [0.1, 0.15) is 0 Å². The largest absolute Gasteiger partial charge is 0.352 e. The smallest absolute Gasteiger partial charge is 0.236 e. The summed E-state index contributed by atoms with van der Waals surface area (Å²) in [6, 6.07) is 0.0336. The van der Waals surface area contributed by atoms with Gasteiger partial charge in [0, 0.05) is 6.04 Å². The molecule has 1 fully saturated rings. The summed E-state index contributed by atoms with van der Waals surface area (Å²) in [5.74, 6) is 0.622. The van der Waals surface area contributed by atoms with Gasteiger partial charge >= 0.3 is 0 Å². The Hall–Kier alpha value is -0.570. The van der Waals surface area contributed by atoms with Crippen LogP contribution in [0.3, 0.4) is 0 Å². The summed E-state index contributed by atoms with van der Waals surface area (Å²) < 4.78 is 0. The molecule has 3 atom stereocenters. The highest BCUT2D eigenvalue weighted by Gasteiger charge is 2.34. The molecule has 0 radical (unpaired) electrons. The fourth-order valence-corrected chi connectivity index (χ4v) is 0.837. The predicted octanol–water partition coefficient (Wildman–Crippen LogP) is -0.142. The SMILES string of the molecule is CC1CC1NC(=O)[C@H](C)N. The average Bonchev–Trinajstić information content (AvgIpc) is 2.46. The van der Waals surface area contributed by atoms with Crippen LogP contribution in [0.5, 0.6) is 0 Å². The third kappa shape index (κ3) is 1.70. The molecule has 1 saturated carbocycles. The molecule has 3 nitrogen and oxygen atoms in total. The number of nitrogens with two attached hydrogens (primary N) is 1. The summed E-state index contributed by atoms with van der Waals surface area (Å²) in [4.78, 5) is 10.9. The quantitative estimate of drug-likeness (QED) is 0.563. The van der Waals surface area contributed by atoms with Crippen molar-refractivity contribution in [3.05, 3.63) is 0 Å². The number of carbonyl (C=O) groups excluding carboxylic acids is 1. The molecule has 0 spiro atoms. The molecule has 3 heteroatoms. The van der Waals surface area contributed by atoms with Crippen LogP contribution in [0, 0.1) is 5.92 Å². The Morgan fingerprint density at radius 3 is 2.60 bits per heavy atom. The van der Waals surface area contributed by atoms with Gasteiger partial charge in [0.2, 0.25) is 5.91 Å². The summed E-state index contributed by atoms with van der Waals surface area (Å²) in [5.41, 5.74) is 5.35. The first kappa shape index (κ1) is 7.54. The molecular formula is C7H14N2O. The highest BCUT2D eigenvalue weighted by atomic mass is 16.2. The molecule has 0 heterocycles. The number of amides is 1. The van der Waals surface area contributed by atoms with Crippen LogP contribution in [0.1, 0.15) is 20.3 Å². The van der Waals surface area contributed by atoms with Gasteiger partial charge in [0.15, 0.2) is 0 Å². The van der Waals surface area contributed by atoms with Crippen molar-refractivity contribution in [1.82, 2.24) is 5.32 Å². The van der Waals surface area contributed by atoms with Crippen molar-refractivity contribution in [2.45, 2.75) is 32.4 Å². The summed E-state index contributed by atoms with van der Waals surface area (Å²) in [6.07, 6.45) is 1.11. The maximum atomic E-state index is 10.9. The summed E-state index contributed by atoms with van der Waals surface area (Å²) in [7, 11) is 0. The zero-order valence-corrected chi connectivity index (χ0v) is 6.42. The minimum Gasteiger partial charge on any atom is -0.352 e. The van der Waals surface area contributed by atoms with Gasteiger partial charge in [0.05, 0.1) is 6.04 Å². The van der Waals surface area contributed by atoms with Gasteiger partial charge in [-0.05, 0) is 19.3 Å². The molecule has 0 bridgehead atoms. The molecule has 1 aliphatic rings. The van der Waals surface area contributed by atoms with E-state index >= 15 is 0 Å². The number of hydrogen-bond donors (Lipinski definition) is 2. The zero-order chi connectivity index (χ0) is 7.72. The third-order valence-corrected chi connectivity index (χ3v) is 1.85. The molecule has 2 unspecified atom stereocenters. The first-order chi connectivity index (χ1) is 4.61. The lowest BCUT2D eigenvalue weighted by molar-refractivity contribution is -0.122. The molecule has 1 aliphatic carbocycles. The van der Waals surface area contributed by atoms with Crippen LogP contribution < -0.4 is 11.1 Å². The summed E-state index contributed by atoms with van der Waals surface area (Å²) in [6.45, 7) is 3.81. The maximum absolute atomic E-state index is 10.9. The van der Waals surface area contributed by atoms with E-state index in [9.17, 15) is 4.79 Å². The molecule has 0 aromatic rings. The van der Waals surface area contributed by atoms with Gasteiger partial charge < -0.3 is 11.1 Å². The van der Waals surface area contributed by atoms with Crippen molar-refractivity contribution in [2.24, 2.45) is 11.7 Å². The molecule has 3 N–H and O–H groups in total. The van der Waals surface area contributed by atoms with E-state index in [1.54, 1.807) is 6.92 Å². The topological polar surface area (TPSA) is 55.1 Å². The molecule has 1 amide bonds. The van der Waals surface area contributed by atoms with E-state index in [0.717, 1.165) is 6.42 Å². The van der Waals surface area contributed by atoms with E-state index in [4.69, 9.17) is 5.73 Å². The molecule has 0 aromatic heterocycles. The fraction of sp³-hybridized carbons (Fsp3) is 0.857. The number of carbonyl (C=O) groups is 1. The van der Waals surface area contributed by atoms with E-state index in [1.807, 2.05) is 0 Å². The van der Waals surface area contributed by atoms with Crippen LogP contribution in [0.2, 0.25) is 0 Å². The summed E-state index contributed by atoms with van der Waals surface area (Å²) >= 11 is 0. The lowest BCUT2D eigenvalue weighted by atomic mass is 10.3. The van der Waals surface area contributed by atoms with Crippen LogP contribution in [0.25, 0.3) is 0 Å². The number of hydrogen-bond acceptors (Lipinski definition) is 2. The molecule has 58 valence electrons. The number of rotatable bonds is 2. The second kappa shape index (κ2) is 2.58. The van der Waals surface area contributed by atoms with Crippen molar-refractivity contribution in [1.29, 1.82) is 0 Å². The standard InChI is InChI=1S/C7H14N2O/c1-4-3-6(4)9-7(10)5(2)8/h4-6H,3,8H2,1-2H3,(H,9,10)/t4?,5-,6?/m0/s1. The first-order valence-electron chi connectivity index (χ1n) is 3.67. The molecule has 10 heavy (non-hydrogen) atoms. The Morgan fingerprint density at radius 1 is 1.80 bits per heavy atom. The normalized spacial score (nSPS) is 33.1. The van der Waals surface area contributed by atoms with Crippen molar-refractivity contribution >= 4 is 5.91 Å². The lowest BCUT2D eigenvalue weighted by Crippen LogP contribution is -2.39. The molecular weight excluding hydrogens is 128 g/mol. The maximum Gasteiger partial charge on any atom is 0.236 e. The third-order valence-electron chi connectivity index (χ3n) is 1.85. The Labute approximate surface area is 61.0 Å². The Bertz CT molecular complexity index is 145. The van der Waals surface area contributed by atoms with Crippen molar-refractivity contribution < 1.29 is 4.79 Å². The van der Waals surface area contributed by atoms with Crippen LogP contribution in [0.4, 0.5) is 0 Å². The molecule has 0 aromatic carbocycles. The van der Waals surface area contributed by atoms with Crippen molar-refractivity contribution in [3.8, 4) is 0 Å². The van der Waals surface area contributed by atoms with Crippen LogP contribution >= 0.6 is 0 Å². The lowest BCUT2D eigenvalue weighted by Gasteiger charge is -2.05. The Morgan fingerprint density at radius 2 is 2.30 bits per heavy atom. The van der Waals surface area contributed by atoms with Crippen LogP contribution in [0.15, 0.2) is 0 Å². The molecule has 0 aliphatic heterocycles. The van der Waals surface area contributed by atoms with E-state index in [0.29, 0.717) is 12.0 Å².